The second-order valence-electron chi connectivity index (χ2n) is 8.16. The third-order valence-electron chi connectivity index (χ3n) is 5.92. The van der Waals surface area contributed by atoms with Crippen molar-refractivity contribution in [3.8, 4) is 0 Å². The normalized spacial score (nSPS) is 15.3. The Labute approximate surface area is 199 Å². The van der Waals surface area contributed by atoms with E-state index >= 15 is 0 Å². The summed E-state index contributed by atoms with van der Waals surface area (Å²) in [4.78, 5) is 12.9. The Balaban J connectivity index is 1.51. The first-order valence-electron chi connectivity index (χ1n) is 11.0. The summed E-state index contributed by atoms with van der Waals surface area (Å²) in [6.07, 6.45) is 6.01. The molecule has 0 bridgehead atoms. The van der Waals surface area contributed by atoms with Gasteiger partial charge in [0, 0.05) is 16.6 Å². The van der Waals surface area contributed by atoms with Crippen LogP contribution in [0.25, 0.3) is 10.8 Å². The van der Waals surface area contributed by atoms with Gasteiger partial charge in [-0.05, 0) is 47.9 Å². The molecule has 1 saturated carbocycles. The molecule has 6 nitrogen and oxygen atoms in total. The number of hydrogen-bond donors (Lipinski definition) is 1. The van der Waals surface area contributed by atoms with Crippen molar-refractivity contribution in [3.05, 3.63) is 77.3 Å². The Morgan fingerprint density at radius 1 is 1.00 bits per heavy atom. The molecule has 0 unspecified atom stereocenters. The zero-order valence-electron chi connectivity index (χ0n) is 18.2. The van der Waals surface area contributed by atoms with Gasteiger partial charge in [-0.3, -0.25) is 4.79 Å². The molecule has 0 atom stereocenters. The summed E-state index contributed by atoms with van der Waals surface area (Å²) < 4.78 is 28.1. The van der Waals surface area contributed by atoms with Crippen LogP contribution in [0.4, 0.5) is 0 Å². The number of carbonyl (C=O) groups is 1. The summed E-state index contributed by atoms with van der Waals surface area (Å²) >= 11 is 5.93. The van der Waals surface area contributed by atoms with Crippen LogP contribution in [-0.2, 0) is 14.8 Å². The number of sulfonamides is 1. The summed E-state index contributed by atoms with van der Waals surface area (Å²) in [5, 5.41) is 6.64. The topological polar surface area (TPSA) is 78.8 Å². The Hall–Kier alpha value is -2.74. The molecule has 3 aromatic rings. The fourth-order valence-electron chi connectivity index (χ4n) is 4.24. The van der Waals surface area contributed by atoms with E-state index in [9.17, 15) is 13.2 Å². The summed E-state index contributed by atoms with van der Waals surface area (Å²) in [5.74, 6) is -0.477. The van der Waals surface area contributed by atoms with Crippen LogP contribution < -0.4 is 5.43 Å². The molecule has 0 aliphatic heterocycles. The maximum Gasteiger partial charge on any atom is 0.255 e. The second kappa shape index (κ2) is 10.5. The van der Waals surface area contributed by atoms with Crippen LogP contribution in [-0.4, -0.2) is 37.4 Å². The molecule has 8 heteroatoms. The number of rotatable bonds is 7. The molecule has 3 aromatic carbocycles. The minimum atomic E-state index is -3.86. The van der Waals surface area contributed by atoms with Gasteiger partial charge in [0.2, 0.25) is 10.0 Å². The molecule has 33 heavy (non-hydrogen) atoms. The monoisotopic (exact) mass is 483 g/mol. The van der Waals surface area contributed by atoms with E-state index in [1.54, 1.807) is 18.3 Å². The quantitative estimate of drug-likeness (QED) is 0.380. The number of carbonyl (C=O) groups excluding carboxylic acids is 1. The lowest BCUT2D eigenvalue weighted by Crippen LogP contribution is -2.46. The molecule has 0 heterocycles. The Morgan fingerprint density at radius 3 is 2.45 bits per heavy atom. The van der Waals surface area contributed by atoms with Crippen LogP contribution in [0, 0.1) is 0 Å². The van der Waals surface area contributed by atoms with Crippen molar-refractivity contribution in [1.29, 1.82) is 0 Å². The summed E-state index contributed by atoms with van der Waals surface area (Å²) in [7, 11) is -3.86. The molecule has 0 saturated heterocycles. The number of nitrogens with one attached hydrogen (secondary N) is 1. The van der Waals surface area contributed by atoms with E-state index in [-0.39, 0.29) is 17.5 Å². The largest absolute Gasteiger partial charge is 0.272 e. The lowest BCUT2D eigenvalue weighted by molar-refractivity contribution is -0.121. The van der Waals surface area contributed by atoms with Crippen molar-refractivity contribution in [2.45, 2.75) is 43.0 Å². The van der Waals surface area contributed by atoms with Gasteiger partial charge in [0.15, 0.2) is 0 Å². The number of benzene rings is 3. The average molecular weight is 484 g/mol. The molecule has 1 aliphatic carbocycles. The van der Waals surface area contributed by atoms with Gasteiger partial charge in [0.1, 0.15) is 0 Å². The molecule has 4 rings (SSSR count). The summed E-state index contributed by atoms with van der Waals surface area (Å²) in [6.45, 7) is -0.289. The van der Waals surface area contributed by atoms with E-state index in [0.717, 1.165) is 48.4 Å². The molecule has 0 radical (unpaired) electrons. The molecular weight excluding hydrogens is 458 g/mol. The van der Waals surface area contributed by atoms with E-state index in [2.05, 4.69) is 10.5 Å². The Morgan fingerprint density at radius 2 is 1.70 bits per heavy atom. The predicted octanol–water partition coefficient (Wildman–Crippen LogP) is 4.97. The number of hydrazone groups is 1. The van der Waals surface area contributed by atoms with Gasteiger partial charge in [-0.25, -0.2) is 13.8 Å². The van der Waals surface area contributed by atoms with Crippen LogP contribution in [0.1, 0.15) is 37.7 Å². The van der Waals surface area contributed by atoms with E-state index in [1.807, 2.05) is 42.5 Å². The number of fused-ring (bicyclic) bond motifs is 1. The second-order valence-corrected chi connectivity index (χ2v) is 10.5. The number of amides is 1. The maximum absolute atomic E-state index is 13.4. The SMILES string of the molecule is O=C(CN(C1CCCCC1)S(=O)(=O)c1ccc(Cl)cc1)NN=Cc1cccc2ccccc12. The van der Waals surface area contributed by atoms with Gasteiger partial charge in [-0.15, -0.1) is 0 Å². The first-order valence-corrected chi connectivity index (χ1v) is 12.8. The minimum Gasteiger partial charge on any atom is -0.272 e. The first-order chi connectivity index (χ1) is 15.9. The van der Waals surface area contributed by atoms with Crippen LogP contribution in [0.5, 0.6) is 0 Å². The van der Waals surface area contributed by atoms with Crippen molar-refractivity contribution in [2.24, 2.45) is 5.10 Å². The zero-order chi connectivity index (χ0) is 23.3. The van der Waals surface area contributed by atoms with Gasteiger partial charge in [-0.2, -0.15) is 9.41 Å². The zero-order valence-corrected chi connectivity index (χ0v) is 19.7. The fourth-order valence-corrected chi connectivity index (χ4v) is 6.00. The summed E-state index contributed by atoms with van der Waals surface area (Å²) in [6, 6.07) is 19.6. The number of nitrogens with zero attached hydrogens (tertiary/aromatic N) is 2. The van der Waals surface area contributed by atoms with Gasteiger partial charge < -0.3 is 0 Å². The highest BCUT2D eigenvalue weighted by atomic mass is 35.5. The molecule has 0 spiro atoms. The van der Waals surface area contributed by atoms with Crippen LogP contribution in [0.15, 0.2) is 76.7 Å². The van der Waals surface area contributed by atoms with E-state index in [0.29, 0.717) is 5.02 Å². The highest BCUT2D eigenvalue weighted by Crippen LogP contribution is 2.28. The highest BCUT2D eigenvalue weighted by Gasteiger charge is 2.33. The average Bonchev–Trinajstić information content (AvgIpc) is 2.83. The minimum absolute atomic E-state index is 0.129. The van der Waals surface area contributed by atoms with E-state index < -0.39 is 15.9 Å². The standard InChI is InChI=1S/C25H26ClN3O3S/c26-21-13-15-23(16-14-21)33(31,32)29(22-10-2-1-3-11-22)18-25(30)28-27-17-20-9-6-8-19-7-4-5-12-24(19)20/h4-9,12-17,22H,1-3,10-11,18H2,(H,28,30). The van der Waals surface area contributed by atoms with Crippen molar-refractivity contribution in [2.75, 3.05) is 6.54 Å². The van der Waals surface area contributed by atoms with E-state index in [4.69, 9.17) is 11.6 Å². The van der Waals surface area contributed by atoms with Gasteiger partial charge in [-0.1, -0.05) is 73.3 Å². The van der Waals surface area contributed by atoms with Gasteiger partial charge in [0.05, 0.1) is 17.7 Å². The van der Waals surface area contributed by atoms with Crippen molar-refractivity contribution >= 4 is 44.5 Å². The molecule has 0 aromatic heterocycles. The highest BCUT2D eigenvalue weighted by molar-refractivity contribution is 7.89. The lowest BCUT2D eigenvalue weighted by atomic mass is 9.95. The Kier molecular flexibility index (Phi) is 7.42. The maximum atomic E-state index is 13.4. The van der Waals surface area contributed by atoms with Gasteiger partial charge in [0.25, 0.3) is 5.91 Å². The molecule has 172 valence electrons. The van der Waals surface area contributed by atoms with Crippen LogP contribution in [0.2, 0.25) is 5.02 Å². The smallest absolute Gasteiger partial charge is 0.255 e. The molecule has 1 fully saturated rings. The third kappa shape index (κ3) is 5.61. The van der Waals surface area contributed by atoms with Crippen molar-refractivity contribution in [3.63, 3.8) is 0 Å². The van der Waals surface area contributed by atoms with Crippen LogP contribution >= 0.6 is 11.6 Å². The first kappa shape index (κ1) is 23.4. The number of halogens is 1. The predicted molar refractivity (Wildman–Crippen MR) is 132 cm³/mol. The fraction of sp³-hybridized carbons (Fsp3) is 0.280. The van der Waals surface area contributed by atoms with Crippen LogP contribution in [0.3, 0.4) is 0 Å². The van der Waals surface area contributed by atoms with Crippen molar-refractivity contribution in [1.82, 2.24) is 9.73 Å². The summed E-state index contributed by atoms with van der Waals surface area (Å²) in [5.41, 5.74) is 3.37. The molecule has 1 amide bonds. The molecule has 1 N–H and O–H groups in total. The van der Waals surface area contributed by atoms with Crippen molar-refractivity contribution < 1.29 is 13.2 Å². The Bertz CT molecular complexity index is 1250. The van der Waals surface area contributed by atoms with E-state index in [1.165, 1.54) is 16.4 Å². The number of hydrogen-bond acceptors (Lipinski definition) is 4. The molecule has 1 aliphatic rings. The third-order valence-corrected chi connectivity index (χ3v) is 8.08. The van der Waals surface area contributed by atoms with Gasteiger partial charge >= 0.3 is 0 Å². The lowest BCUT2D eigenvalue weighted by Gasteiger charge is -2.32. The molecular formula is C25H26ClN3O3S.